The summed E-state index contributed by atoms with van der Waals surface area (Å²) in [5, 5.41) is 4.51. The van der Waals surface area contributed by atoms with Gasteiger partial charge in [0.25, 0.3) is 5.91 Å². The van der Waals surface area contributed by atoms with Gasteiger partial charge in [0.1, 0.15) is 0 Å². The van der Waals surface area contributed by atoms with Crippen LogP contribution in [0, 0.1) is 20.8 Å². The van der Waals surface area contributed by atoms with Crippen molar-refractivity contribution in [2.75, 3.05) is 13.1 Å². The molecule has 0 saturated carbocycles. The number of rotatable bonds is 2. The van der Waals surface area contributed by atoms with Gasteiger partial charge in [0.2, 0.25) is 0 Å². The highest BCUT2D eigenvalue weighted by molar-refractivity contribution is 5.93. The van der Waals surface area contributed by atoms with Crippen LogP contribution in [0.25, 0.3) is 5.65 Å². The molecule has 1 saturated heterocycles. The topological polar surface area (TPSA) is 50.5 Å². The zero-order chi connectivity index (χ0) is 18.3. The van der Waals surface area contributed by atoms with Gasteiger partial charge in [-0.2, -0.15) is 5.10 Å². The molecule has 1 amide bonds. The van der Waals surface area contributed by atoms with Crippen LogP contribution in [-0.4, -0.2) is 38.5 Å². The second kappa shape index (κ2) is 6.56. The van der Waals surface area contributed by atoms with E-state index < -0.39 is 0 Å². The molecule has 1 aromatic carbocycles. The van der Waals surface area contributed by atoms with E-state index in [4.69, 9.17) is 0 Å². The first kappa shape index (κ1) is 16.8. The highest BCUT2D eigenvalue weighted by Gasteiger charge is 2.27. The number of hydrogen-bond donors (Lipinski definition) is 0. The van der Waals surface area contributed by atoms with Crippen molar-refractivity contribution < 1.29 is 4.79 Å². The number of amides is 1. The molecule has 1 fully saturated rings. The fourth-order valence-corrected chi connectivity index (χ4v) is 4.01. The van der Waals surface area contributed by atoms with E-state index in [1.807, 2.05) is 24.8 Å². The lowest BCUT2D eigenvalue weighted by Crippen LogP contribution is -2.39. The van der Waals surface area contributed by atoms with Crippen LogP contribution in [0.1, 0.15) is 51.8 Å². The Kier molecular flexibility index (Phi) is 4.23. The van der Waals surface area contributed by atoms with Crippen LogP contribution < -0.4 is 0 Å². The van der Waals surface area contributed by atoms with Gasteiger partial charge in [-0.15, -0.1) is 0 Å². The van der Waals surface area contributed by atoms with Crippen molar-refractivity contribution >= 4 is 11.6 Å². The van der Waals surface area contributed by atoms with Gasteiger partial charge < -0.3 is 4.90 Å². The zero-order valence-electron chi connectivity index (χ0n) is 15.6. The fourth-order valence-electron chi connectivity index (χ4n) is 4.01. The van der Waals surface area contributed by atoms with Crippen LogP contribution in [0.2, 0.25) is 0 Å². The first-order valence-corrected chi connectivity index (χ1v) is 9.22. The minimum Gasteiger partial charge on any atom is -0.337 e. The smallest absolute Gasteiger partial charge is 0.274 e. The van der Waals surface area contributed by atoms with Crippen LogP contribution in [0.3, 0.4) is 0 Å². The van der Waals surface area contributed by atoms with Gasteiger partial charge in [-0.25, -0.2) is 9.50 Å². The number of benzene rings is 1. The van der Waals surface area contributed by atoms with Crippen molar-refractivity contribution in [1.82, 2.24) is 19.5 Å². The third-order valence-electron chi connectivity index (χ3n) is 5.29. The van der Waals surface area contributed by atoms with Crippen molar-refractivity contribution in [3.05, 3.63) is 64.6 Å². The molecule has 2 aromatic heterocycles. The standard InChI is InChI=1S/C21H24N4O/c1-14-7-4-5-9-18(14)17-8-6-10-24(13-17)21(26)19-12-20-22-15(2)11-16(3)25(20)23-19/h4-5,7,9,11-12,17H,6,8,10,13H2,1-3H3/t17-/m1/s1. The van der Waals surface area contributed by atoms with E-state index in [9.17, 15) is 4.79 Å². The average Bonchev–Trinajstić information content (AvgIpc) is 3.06. The number of carbonyl (C=O) groups is 1. The minimum absolute atomic E-state index is 0.00540. The number of aryl methyl sites for hydroxylation is 3. The van der Waals surface area contributed by atoms with Crippen LogP contribution in [0.5, 0.6) is 0 Å². The molecule has 0 bridgehead atoms. The molecule has 5 heteroatoms. The molecule has 1 atom stereocenters. The van der Waals surface area contributed by atoms with E-state index in [0.717, 1.165) is 43.0 Å². The maximum Gasteiger partial charge on any atom is 0.274 e. The quantitative estimate of drug-likeness (QED) is 0.710. The average molecular weight is 348 g/mol. The molecule has 0 radical (unpaired) electrons. The number of aromatic nitrogens is 3. The molecule has 1 aliphatic heterocycles. The summed E-state index contributed by atoms with van der Waals surface area (Å²) < 4.78 is 1.75. The largest absolute Gasteiger partial charge is 0.337 e. The summed E-state index contributed by atoms with van der Waals surface area (Å²) in [5.74, 6) is 0.402. The lowest BCUT2D eigenvalue weighted by Gasteiger charge is -2.33. The molecule has 3 aromatic rings. The van der Waals surface area contributed by atoms with E-state index in [1.165, 1.54) is 11.1 Å². The molecule has 1 aliphatic rings. The molecule has 26 heavy (non-hydrogen) atoms. The van der Waals surface area contributed by atoms with Crippen LogP contribution in [-0.2, 0) is 0 Å². The third-order valence-corrected chi connectivity index (χ3v) is 5.29. The highest BCUT2D eigenvalue weighted by Crippen LogP contribution is 2.29. The summed E-state index contributed by atoms with van der Waals surface area (Å²) in [5.41, 5.74) is 5.80. The van der Waals surface area contributed by atoms with E-state index in [-0.39, 0.29) is 5.91 Å². The third kappa shape index (κ3) is 2.98. The predicted molar refractivity (Wildman–Crippen MR) is 102 cm³/mol. The summed E-state index contributed by atoms with van der Waals surface area (Å²) in [6.07, 6.45) is 2.15. The Hall–Kier alpha value is -2.69. The van der Waals surface area contributed by atoms with Crippen molar-refractivity contribution in [1.29, 1.82) is 0 Å². The van der Waals surface area contributed by atoms with Crippen molar-refractivity contribution in [3.8, 4) is 0 Å². The predicted octanol–water partition coefficient (Wildman–Crippen LogP) is 3.67. The summed E-state index contributed by atoms with van der Waals surface area (Å²) in [7, 11) is 0. The minimum atomic E-state index is 0.00540. The van der Waals surface area contributed by atoms with Gasteiger partial charge in [-0.3, -0.25) is 4.79 Å². The lowest BCUT2D eigenvalue weighted by atomic mass is 9.88. The maximum atomic E-state index is 13.0. The number of hydrogen-bond acceptors (Lipinski definition) is 3. The number of nitrogens with zero attached hydrogens (tertiary/aromatic N) is 4. The summed E-state index contributed by atoms with van der Waals surface area (Å²) in [6.45, 7) is 7.63. The second-order valence-electron chi connectivity index (χ2n) is 7.29. The van der Waals surface area contributed by atoms with E-state index in [1.54, 1.807) is 10.6 Å². The van der Waals surface area contributed by atoms with E-state index >= 15 is 0 Å². The Morgan fingerprint density at radius 3 is 2.77 bits per heavy atom. The van der Waals surface area contributed by atoms with Crippen LogP contribution in [0.15, 0.2) is 36.4 Å². The molecule has 134 valence electrons. The summed E-state index contributed by atoms with van der Waals surface area (Å²) in [6, 6.07) is 12.3. The van der Waals surface area contributed by atoms with Crippen LogP contribution >= 0.6 is 0 Å². The Bertz CT molecular complexity index is 975. The first-order chi connectivity index (χ1) is 12.5. The fraction of sp³-hybridized carbons (Fsp3) is 0.381. The second-order valence-corrected chi connectivity index (χ2v) is 7.29. The summed E-state index contributed by atoms with van der Waals surface area (Å²) >= 11 is 0. The molecule has 5 nitrogen and oxygen atoms in total. The Morgan fingerprint density at radius 2 is 1.96 bits per heavy atom. The van der Waals surface area contributed by atoms with Crippen molar-refractivity contribution in [2.24, 2.45) is 0 Å². The maximum absolute atomic E-state index is 13.0. The molecule has 0 spiro atoms. The number of fused-ring (bicyclic) bond motifs is 1. The van der Waals surface area contributed by atoms with Gasteiger partial charge in [0.15, 0.2) is 11.3 Å². The first-order valence-electron chi connectivity index (χ1n) is 9.22. The van der Waals surface area contributed by atoms with E-state index in [2.05, 4.69) is 41.3 Å². The monoisotopic (exact) mass is 348 g/mol. The molecule has 0 aliphatic carbocycles. The van der Waals surface area contributed by atoms with Gasteiger partial charge in [0.05, 0.1) is 0 Å². The molecule has 0 unspecified atom stereocenters. The van der Waals surface area contributed by atoms with Crippen molar-refractivity contribution in [2.45, 2.75) is 39.5 Å². The van der Waals surface area contributed by atoms with Crippen molar-refractivity contribution in [3.63, 3.8) is 0 Å². The normalized spacial score (nSPS) is 17.7. The Balaban J connectivity index is 1.60. The molecular weight excluding hydrogens is 324 g/mol. The SMILES string of the molecule is Cc1cc(C)n2nc(C(=O)N3CCC[C@@H](c4ccccc4C)C3)cc2n1. The molecular formula is C21H24N4O. The number of piperidine rings is 1. The zero-order valence-corrected chi connectivity index (χ0v) is 15.6. The Morgan fingerprint density at radius 1 is 1.15 bits per heavy atom. The van der Waals surface area contributed by atoms with E-state index in [0.29, 0.717) is 11.6 Å². The summed E-state index contributed by atoms with van der Waals surface area (Å²) in [4.78, 5) is 19.5. The Labute approximate surface area is 153 Å². The molecule has 0 N–H and O–H groups in total. The lowest BCUT2D eigenvalue weighted by molar-refractivity contribution is 0.0700. The van der Waals surface area contributed by atoms with Crippen LogP contribution in [0.4, 0.5) is 0 Å². The van der Waals surface area contributed by atoms with Gasteiger partial charge in [-0.05, 0) is 50.8 Å². The molecule has 4 rings (SSSR count). The van der Waals surface area contributed by atoms with Gasteiger partial charge in [0, 0.05) is 36.5 Å². The highest BCUT2D eigenvalue weighted by atomic mass is 16.2. The number of carbonyl (C=O) groups excluding carboxylic acids is 1. The molecule has 3 heterocycles. The van der Waals surface area contributed by atoms with Gasteiger partial charge >= 0.3 is 0 Å². The number of likely N-dealkylation sites (tertiary alicyclic amines) is 1. The van der Waals surface area contributed by atoms with Gasteiger partial charge in [-0.1, -0.05) is 24.3 Å².